The average molecular weight is 214 g/mol. The van der Waals surface area contributed by atoms with E-state index in [9.17, 15) is 0 Å². The zero-order valence-electron chi connectivity index (χ0n) is 9.69. The van der Waals surface area contributed by atoms with Crippen LogP contribution in [0, 0.1) is 12.3 Å². The van der Waals surface area contributed by atoms with Crippen molar-refractivity contribution in [2.24, 2.45) is 5.73 Å². The standard InChI is InChI=1S/C14H18N2/c1-3-13(4-2)16-10-12(15)9-11-7-5-6-8-14(11)16/h1,5-8,12-13H,4,9-10,15H2,2H3. The first-order valence-corrected chi connectivity index (χ1v) is 5.82. The van der Waals surface area contributed by atoms with Gasteiger partial charge < -0.3 is 10.6 Å². The molecule has 0 spiro atoms. The van der Waals surface area contributed by atoms with E-state index in [1.807, 2.05) is 0 Å². The van der Waals surface area contributed by atoms with E-state index in [1.54, 1.807) is 0 Å². The number of nitrogens with two attached hydrogens (primary N) is 1. The minimum atomic E-state index is 0.160. The Bertz CT molecular complexity index is 405. The Morgan fingerprint density at radius 3 is 3.00 bits per heavy atom. The summed E-state index contributed by atoms with van der Waals surface area (Å²) in [5.41, 5.74) is 8.65. The quantitative estimate of drug-likeness (QED) is 0.760. The summed E-state index contributed by atoms with van der Waals surface area (Å²) in [5, 5.41) is 0. The third-order valence-corrected chi connectivity index (χ3v) is 3.17. The van der Waals surface area contributed by atoms with Gasteiger partial charge in [0.05, 0.1) is 6.04 Å². The zero-order chi connectivity index (χ0) is 11.5. The van der Waals surface area contributed by atoms with E-state index in [4.69, 9.17) is 12.2 Å². The van der Waals surface area contributed by atoms with Crippen LogP contribution in [0.2, 0.25) is 0 Å². The molecule has 0 bridgehead atoms. The summed E-state index contributed by atoms with van der Waals surface area (Å²) in [6.45, 7) is 2.98. The molecule has 2 heteroatoms. The molecular weight excluding hydrogens is 196 g/mol. The van der Waals surface area contributed by atoms with Crippen molar-refractivity contribution in [1.29, 1.82) is 0 Å². The lowest BCUT2D eigenvalue weighted by molar-refractivity contribution is 0.565. The molecule has 0 fully saturated rings. The minimum Gasteiger partial charge on any atom is -0.356 e. The van der Waals surface area contributed by atoms with Gasteiger partial charge in [-0.2, -0.15) is 0 Å². The van der Waals surface area contributed by atoms with E-state index in [2.05, 4.69) is 42.0 Å². The molecule has 0 aromatic heterocycles. The molecule has 0 radical (unpaired) electrons. The molecule has 1 aromatic rings. The lowest BCUT2D eigenvalue weighted by Gasteiger charge is -2.37. The van der Waals surface area contributed by atoms with Crippen molar-refractivity contribution < 1.29 is 0 Å². The second-order valence-electron chi connectivity index (χ2n) is 4.34. The van der Waals surface area contributed by atoms with Crippen LogP contribution in [-0.4, -0.2) is 18.6 Å². The highest BCUT2D eigenvalue weighted by atomic mass is 15.2. The molecule has 0 saturated carbocycles. The first kappa shape index (κ1) is 11.0. The van der Waals surface area contributed by atoms with Crippen molar-refractivity contribution in [1.82, 2.24) is 0 Å². The van der Waals surface area contributed by atoms with Gasteiger partial charge in [-0.05, 0) is 24.5 Å². The van der Waals surface area contributed by atoms with Crippen LogP contribution in [0.1, 0.15) is 18.9 Å². The SMILES string of the molecule is C#CC(CC)N1CC(N)Cc2ccccc21. The molecule has 0 aliphatic carbocycles. The molecule has 2 N–H and O–H groups in total. The Hall–Kier alpha value is -1.46. The van der Waals surface area contributed by atoms with E-state index < -0.39 is 0 Å². The van der Waals surface area contributed by atoms with E-state index in [-0.39, 0.29) is 12.1 Å². The zero-order valence-corrected chi connectivity index (χ0v) is 9.69. The topological polar surface area (TPSA) is 29.3 Å². The number of hydrogen-bond donors (Lipinski definition) is 1. The number of para-hydroxylation sites is 1. The number of rotatable bonds is 2. The Morgan fingerprint density at radius 1 is 1.56 bits per heavy atom. The summed E-state index contributed by atoms with van der Waals surface area (Å²) < 4.78 is 0. The Kier molecular flexibility index (Phi) is 3.17. The highest BCUT2D eigenvalue weighted by Gasteiger charge is 2.25. The monoisotopic (exact) mass is 214 g/mol. The van der Waals surface area contributed by atoms with Crippen LogP contribution < -0.4 is 10.6 Å². The molecule has 0 saturated heterocycles. The first-order chi connectivity index (χ1) is 7.76. The molecule has 2 rings (SSSR count). The van der Waals surface area contributed by atoms with Gasteiger partial charge in [-0.15, -0.1) is 6.42 Å². The van der Waals surface area contributed by atoms with Gasteiger partial charge >= 0.3 is 0 Å². The Balaban J connectivity index is 2.37. The van der Waals surface area contributed by atoms with E-state index in [0.717, 1.165) is 19.4 Å². The van der Waals surface area contributed by atoms with Crippen molar-refractivity contribution >= 4 is 5.69 Å². The number of benzene rings is 1. The predicted molar refractivity (Wildman–Crippen MR) is 68.4 cm³/mol. The number of fused-ring (bicyclic) bond motifs is 1. The lowest BCUT2D eigenvalue weighted by Crippen LogP contribution is -2.47. The van der Waals surface area contributed by atoms with Crippen LogP contribution in [0.4, 0.5) is 5.69 Å². The van der Waals surface area contributed by atoms with Gasteiger partial charge in [0.15, 0.2) is 0 Å². The summed E-state index contributed by atoms with van der Waals surface area (Å²) in [5.74, 6) is 2.85. The fraction of sp³-hybridized carbons (Fsp3) is 0.429. The fourth-order valence-electron chi connectivity index (χ4n) is 2.38. The predicted octanol–water partition coefficient (Wildman–Crippen LogP) is 1.79. The summed E-state index contributed by atoms with van der Waals surface area (Å²) in [6, 6.07) is 8.76. The van der Waals surface area contributed by atoms with Crippen LogP contribution >= 0.6 is 0 Å². The van der Waals surface area contributed by atoms with Crippen LogP contribution in [0.3, 0.4) is 0 Å². The normalized spacial score (nSPS) is 21.1. The first-order valence-electron chi connectivity index (χ1n) is 5.82. The molecule has 0 amide bonds. The van der Waals surface area contributed by atoms with Gasteiger partial charge in [0, 0.05) is 18.3 Å². The maximum atomic E-state index is 6.08. The molecule has 1 aliphatic rings. The Morgan fingerprint density at radius 2 is 2.31 bits per heavy atom. The number of hydrogen-bond acceptors (Lipinski definition) is 2. The molecular formula is C14H18N2. The highest BCUT2D eigenvalue weighted by molar-refractivity contribution is 5.58. The van der Waals surface area contributed by atoms with Crippen molar-refractivity contribution in [3.8, 4) is 12.3 Å². The summed E-state index contributed by atoms with van der Waals surface area (Å²) in [6.07, 6.45) is 7.49. The molecule has 16 heavy (non-hydrogen) atoms. The van der Waals surface area contributed by atoms with E-state index in [0.29, 0.717) is 0 Å². The summed E-state index contributed by atoms with van der Waals surface area (Å²) in [4.78, 5) is 2.27. The average Bonchev–Trinajstić information content (AvgIpc) is 2.30. The third-order valence-electron chi connectivity index (χ3n) is 3.17. The van der Waals surface area contributed by atoms with Gasteiger partial charge in [-0.1, -0.05) is 31.0 Å². The minimum absolute atomic E-state index is 0.160. The van der Waals surface area contributed by atoms with Gasteiger partial charge in [0.2, 0.25) is 0 Å². The van der Waals surface area contributed by atoms with Crippen LogP contribution in [0.15, 0.2) is 24.3 Å². The van der Waals surface area contributed by atoms with E-state index in [1.165, 1.54) is 11.3 Å². The van der Waals surface area contributed by atoms with Crippen molar-refractivity contribution in [3.63, 3.8) is 0 Å². The van der Waals surface area contributed by atoms with Crippen LogP contribution in [0.5, 0.6) is 0 Å². The number of nitrogens with zero attached hydrogens (tertiary/aromatic N) is 1. The second-order valence-corrected chi connectivity index (χ2v) is 4.34. The smallest absolute Gasteiger partial charge is 0.0899 e. The maximum absolute atomic E-state index is 6.08. The molecule has 1 heterocycles. The molecule has 2 atom stereocenters. The lowest BCUT2D eigenvalue weighted by atomic mass is 9.96. The molecule has 2 unspecified atom stereocenters. The van der Waals surface area contributed by atoms with Crippen molar-refractivity contribution in [3.05, 3.63) is 29.8 Å². The molecule has 1 aliphatic heterocycles. The van der Waals surface area contributed by atoms with Crippen molar-refractivity contribution in [2.45, 2.75) is 31.8 Å². The molecule has 84 valence electrons. The molecule has 1 aromatic carbocycles. The molecule has 2 nitrogen and oxygen atoms in total. The van der Waals surface area contributed by atoms with Crippen LogP contribution in [-0.2, 0) is 6.42 Å². The van der Waals surface area contributed by atoms with Crippen molar-refractivity contribution in [2.75, 3.05) is 11.4 Å². The van der Waals surface area contributed by atoms with E-state index >= 15 is 0 Å². The Labute approximate surface area is 97.4 Å². The summed E-state index contributed by atoms with van der Waals surface area (Å²) in [7, 11) is 0. The maximum Gasteiger partial charge on any atom is 0.0899 e. The number of terminal acetylenes is 1. The van der Waals surface area contributed by atoms with Gasteiger partial charge in [0.1, 0.15) is 0 Å². The largest absolute Gasteiger partial charge is 0.356 e. The third kappa shape index (κ3) is 1.91. The van der Waals surface area contributed by atoms with Gasteiger partial charge in [0.25, 0.3) is 0 Å². The second kappa shape index (κ2) is 4.59. The fourth-order valence-corrected chi connectivity index (χ4v) is 2.38. The van der Waals surface area contributed by atoms with Crippen LogP contribution in [0.25, 0.3) is 0 Å². The highest BCUT2D eigenvalue weighted by Crippen LogP contribution is 2.28. The van der Waals surface area contributed by atoms with Gasteiger partial charge in [-0.25, -0.2) is 0 Å². The summed E-state index contributed by atoms with van der Waals surface area (Å²) >= 11 is 0. The number of anilines is 1. The van der Waals surface area contributed by atoms with Gasteiger partial charge in [-0.3, -0.25) is 0 Å².